The van der Waals surface area contributed by atoms with Gasteiger partial charge in [-0.15, -0.1) is 0 Å². The van der Waals surface area contributed by atoms with Crippen LogP contribution in [0.5, 0.6) is 0 Å². The van der Waals surface area contributed by atoms with Gasteiger partial charge in [0.2, 0.25) is 0 Å². The Labute approximate surface area is 115 Å². The van der Waals surface area contributed by atoms with Crippen LogP contribution >= 0.6 is 0 Å². The number of hydrogen-bond donors (Lipinski definition) is 1. The Morgan fingerprint density at radius 2 is 2.10 bits per heavy atom. The SMILES string of the molecule is Cc1cc(=O)c(CCC(=O)O)cn1-c1cccc(F)c1. The Kier molecular flexibility index (Phi) is 3.98. The van der Waals surface area contributed by atoms with E-state index in [1.165, 1.54) is 18.2 Å². The molecule has 0 radical (unpaired) electrons. The van der Waals surface area contributed by atoms with Crippen LogP contribution in [-0.4, -0.2) is 15.6 Å². The summed E-state index contributed by atoms with van der Waals surface area (Å²) in [5.74, 6) is -1.32. The highest BCUT2D eigenvalue weighted by Crippen LogP contribution is 2.13. The second kappa shape index (κ2) is 5.69. The van der Waals surface area contributed by atoms with Crippen molar-refractivity contribution in [1.82, 2.24) is 4.57 Å². The molecule has 0 saturated carbocycles. The Bertz CT molecular complexity index is 707. The number of halogens is 1. The van der Waals surface area contributed by atoms with Crippen LogP contribution in [0.3, 0.4) is 0 Å². The van der Waals surface area contributed by atoms with Crippen molar-refractivity contribution in [2.45, 2.75) is 19.8 Å². The van der Waals surface area contributed by atoms with Crippen LogP contribution in [0.4, 0.5) is 4.39 Å². The largest absolute Gasteiger partial charge is 0.481 e. The zero-order chi connectivity index (χ0) is 14.7. The van der Waals surface area contributed by atoms with Crippen molar-refractivity contribution in [1.29, 1.82) is 0 Å². The van der Waals surface area contributed by atoms with E-state index in [1.807, 2.05) is 0 Å². The summed E-state index contributed by atoms with van der Waals surface area (Å²) in [6.45, 7) is 1.74. The molecule has 1 N–H and O–H groups in total. The molecule has 0 amide bonds. The van der Waals surface area contributed by atoms with Gasteiger partial charge >= 0.3 is 5.97 Å². The average Bonchev–Trinajstić information content (AvgIpc) is 2.37. The van der Waals surface area contributed by atoms with E-state index in [1.54, 1.807) is 29.8 Å². The Morgan fingerprint density at radius 1 is 1.35 bits per heavy atom. The maximum absolute atomic E-state index is 13.3. The first-order valence-corrected chi connectivity index (χ1v) is 6.17. The molecule has 0 aliphatic heterocycles. The van der Waals surface area contributed by atoms with Gasteiger partial charge in [-0.2, -0.15) is 0 Å². The third-order valence-corrected chi connectivity index (χ3v) is 3.02. The van der Waals surface area contributed by atoms with Crippen molar-refractivity contribution in [3.05, 3.63) is 63.8 Å². The van der Waals surface area contributed by atoms with Crippen molar-refractivity contribution in [3.63, 3.8) is 0 Å². The molecule has 0 saturated heterocycles. The standard InChI is InChI=1S/C15H14FNO3/c1-10-7-14(18)11(5-6-15(19)20)9-17(10)13-4-2-3-12(16)8-13/h2-4,7-9H,5-6H2,1H3,(H,19,20). The lowest BCUT2D eigenvalue weighted by atomic mass is 10.1. The molecule has 4 nitrogen and oxygen atoms in total. The summed E-state index contributed by atoms with van der Waals surface area (Å²) in [4.78, 5) is 22.4. The molecule has 1 aromatic carbocycles. The van der Waals surface area contributed by atoms with Gasteiger partial charge in [0.1, 0.15) is 5.82 Å². The first-order chi connectivity index (χ1) is 9.47. The second-order valence-electron chi connectivity index (χ2n) is 4.55. The van der Waals surface area contributed by atoms with Gasteiger partial charge in [-0.3, -0.25) is 9.59 Å². The summed E-state index contributed by atoms with van der Waals surface area (Å²) in [5, 5.41) is 8.68. The number of carboxylic acids is 1. The molecule has 2 aromatic rings. The number of nitrogens with zero attached hydrogens (tertiary/aromatic N) is 1. The zero-order valence-electron chi connectivity index (χ0n) is 11.0. The van der Waals surface area contributed by atoms with Gasteiger partial charge in [-0.05, 0) is 31.5 Å². The Balaban J connectivity index is 2.46. The number of carboxylic acid groups (broad SMARTS) is 1. The van der Waals surface area contributed by atoms with Gasteiger partial charge in [-0.1, -0.05) is 6.07 Å². The summed E-state index contributed by atoms with van der Waals surface area (Å²) in [6, 6.07) is 7.44. The molecule has 1 aromatic heterocycles. The van der Waals surface area contributed by atoms with Crippen LogP contribution in [0.25, 0.3) is 5.69 Å². The number of benzene rings is 1. The van der Waals surface area contributed by atoms with Crippen molar-refractivity contribution in [2.75, 3.05) is 0 Å². The molecule has 5 heteroatoms. The normalized spacial score (nSPS) is 10.5. The highest BCUT2D eigenvalue weighted by Gasteiger charge is 2.08. The minimum Gasteiger partial charge on any atom is -0.481 e. The van der Waals surface area contributed by atoms with Crippen LogP contribution in [-0.2, 0) is 11.2 Å². The van der Waals surface area contributed by atoms with E-state index in [4.69, 9.17) is 5.11 Å². The summed E-state index contributed by atoms with van der Waals surface area (Å²) in [5.41, 5.74) is 1.47. The fraction of sp³-hybridized carbons (Fsp3) is 0.200. The predicted molar refractivity (Wildman–Crippen MR) is 72.7 cm³/mol. The predicted octanol–water partition coefficient (Wildman–Crippen LogP) is 2.30. The van der Waals surface area contributed by atoms with E-state index < -0.39 is 5.97 Å². The minimum atomic E-state index is -0.956. The van der Waals surface area contributed by atoms with Gasteiger partial charge in [-0.25, -0.2) is 4.39 Å². The van der Waals surface area contributed by atoms with Crippen LogP contribution in [0.1, 0.15) is 17.7 Å². The van der Waals surface area contributed by atoms with E-state index in [9.17, 15) is 14.0 Å². The maximum Gasteiger partial charge on any atom is 0.303 e. The van der Waals surface area contributed by atoms with E-state index >= 15 is 0 Å². The minimum absolute atomic E-state index is 0.110. The lowest BCUT2D eigenvalue weighted by Crippen LogP contribution is -2.15. The molecule has 0 bridgehead atoms. The molecule has 2 rings (SSSR count). The fourth-order valence-corrected chi connectivity index (χ4v) is 2.01. The highest BCUT2D eigenvalue weighted by atomic mass is 19.1. The summed E-state index contributed by atoms with van der Waals surface area (Å²) in [7, 11) is 0. The number of carbonyl (C=O) groups is 1. The summed E-state index contributed by atoms with van der Waals surface area (Å²) in [6.07, 6.45) is 1.63. The first-order valence-electron chi connectivity index (χ1n) is 6.17. The molecule has 1 heterocycles. The Morgan fingerprint density at radius 3 is 2.75 bits per heavy atom. The highest BCUT2D eigenvalue weighted by molar-refractivity contribution is 5.67. The van der Waals surface area contributed by atoms with Crippen LogP contribution in [0.15, 0.2) is 41.3 Å². The van der Waals surface area contributed by atoms with Crippen LogP contribution in [0, 0.1) is 12.7 Å². The van der Waals surface area contributed by atoms with Gasteiger partial charge in [0.25, 0.3) is 0 Å². The van der Waals surface area contributed by atoms with Gasteiger partial charge < -0.3 is 9.67 Å². The number of hydrogen-bond acceptors (Lipinski definition) is 2. The van der Waals surface area contributed by atoms with Gasteiger partial charge in [0.15, 0.2) is 5.43 Å². The summed E-state index contributed by atoms with van der Waals surface area (Å²) >= 11 is 0. The van der Waals surface area contributed by atoms with Gasteiger partial charge in [0.05, 0.1) is 0 Å². The lowest BCUT2D eigenvalue weighted by molar-refractivity contribution is -0.136. The van der Waals surface area contributed by atoms with Crippen molar-refractivity contribution < 1.29 is 14.3 Å². The third-order valence-electron chi connectivity index (χ3n) is 3.02. The van der Waals surface area contributed by atoms with Crippen molar-refractivity contribution in [3.8, 4) is 5.69 Å². The summed E-state index contributed by atoms with van der Waals surface area (Å²) < 4.78 is 14.9. The number of aromatic nitrogens is 1. The number of pyridine rings is 1. The van der Waals surface area contributed by atoms with E-state index in [2.05, 4.69) is 0 Å². The maximum atomic E-state index is 13.3. The molecular weight excluding hydrogens is 261 g/mol. The molecule has 0 spiro atoms. The third kappa shape index (κ3) is 3.12. The molecule has 0 aliphatic carbocycles. The van der Waals surface area contributed by atoms with Crippen LogP contribution < -0.4 is 5.43 Å². The van der Waals surface area contributed by atoms with E-state index in [0.29, 0.717) is 16.9 Å². The van der Waals surface area contributed by atoms with E-state index in [0.717, 1.165) is 0 Å². The van der Waals surface area contributed by atoms with Crippen LogP contribution in [0.2, 0.25) is 0 Å². The topological polar surface area (TPSA) is 59.3 Å². The molecule has 104 valence electrons. The van der Waals surface area contributed by atoms with E-state index in [-0.39, 0.29) is 24.1 Å². The molecular formula is C15H14FNO3. The monoisotopic (exact) mass is 275 g/mol. The number of rotatable bonds is 4. The van der Waals surface area contributed by atoms with Crippen molar-refractivity contribution in [2.24, 2.45) is 0 Å². The molecule has 0 unspecified atom stereocenters. The smallest absolute Gasteiger partial charge is 0.303 e. The lowest BCUT2D eigenvalue weighted by Gasteiger charge is -2.12. The number of aliphatic carboxylic acids is 1. The Hall–Kier alpha value is -2.43. The molecule has 0 fully saturated rings. The average molecular weight is 275 g/mol. The molecule has 0 aliphatic rings. The van der Waals surface area contributed by atoms with Crippen molar-refractivity contribution >= 4 is 5.97 Å². The zero-order valence-corrected chi connectivity index (χ0v) is 11.0. The quantitative estimate of drug-likeness (QED) is 0.931. The fourth-order valence-electron chi connectivity index (χ4n) is 2.01. The molecule has 0 atom stereocenters. The molecule has 20 heavy (non-hydrogen) atoms. The number of aryl methyl sites for hydroxylation is 2. The second-order valence-corrected chi connectivity index (χ2v) is 4.55. The first kappa shape index (κ1) is 14.0. The van der Waals surface area contributed by atoms with Gasteiger partial charge in [0, 0.05) is 35.6 Å².